The molecular formula is C18H16ClNOS. The van der Waals surface area contributed by atoms with Crippen LogP contribution >= 0.6 is 22.9 Å². The molecule has 0 aliphatic heterocycles. The van der Waals surface area contributed by atoms with E-state index in [2.05, 4.69) is 0 Å². The second kappa shape index (κ2) is 6.11. The number of anilines is 1. The number of halogens is 1. The fraction of sp³-hybridized carbons (Fsp3) is 0.167. The minimum atomic E-state index is -0.0389. The first-order chi connectivity index (χ1) is 10.6. The van der Waals surface area contributed by atoms with Gasteiger partial charge in [-0.05, 0) is 31.5 Å². The van der Waals surface area contributed by atoms with E-state index in [4.69, 9.17) is 11.6 Å². The van der Waals surface area contributed by atoms with Crippen LogP contribution in [-0.4, -0.2) is 12.5 Å². The highest BCUT2D eigenvalue weighted by Crippen LogP contribution is 2.36. The van der Waals surface area contributed by atoms with Gasteiger partial charge in [-0.3, -0.25) is 4.79 Å². The van der Waals surface area contributed by atoms with E-state index >= 15 is 0 Å². The first kappa shape index (κ1) is 15.1. The third-order valence-corrected chi connectivity index (χ3v) is 5.36. The quantitative estimate of drug-likeness (QED) is 0.618. The van der Waals surface area contributed by atoms with Crippen LogP contribution in [0, 0.1) is 6.92 Å². The molecule has 1 amide bonds. The van der Waals surface area contributed by atoms with E-state index in [1.807, 2.05) is 62.4 Å². The lowest BCUT2D eigenvalue weighted by Gasteiger charge is -2.22. The average molecular weight is 330 g/mol. The molecule has 0 bridgehead atoms. The van der Waals surface area contributed by atoms with Crippen LogP contribution in [0.25, 0.3) is 10.1 Å². The molecule has 0 saturated carbocycles. The summed E-state index contributed by atoms with van der Waals surface area (Å²) in [5, 5.41) is 1.50. The Hall–Kier alpha value is -1.84. The van der Waals surface area contributed by atoms with Crippen LogP contribution in [0.5, 0.6) is 0 Å². The normalized spacial score (nSPS) is 10.9. The van der Waals surface area contributed by atoms with Crippen molar-refractivity contribution >= 4 is 44.6 Å². The third kappa shape index (κ3) is 2.51. The summed E-state index contributed by atoms with van der Waals surface area (Å²) in [6.45, 7) is 4.59. The van der Waals surface area contributed by atoms with Gasteiger partial charge in [0, 0.05) is 22.3 Å². The van der Waals surface area contributed by atoms with Crippen molar-refractivity contribution in [2.45, 2.75) is 13.8 Å². The lowest BCUT2D eigenvalue weighted by Crippen LogP contribution is -2.30. The molecule has 0 saturated heterocycles. The first-order valence-corrected chi connectivity index (χ1v) is 8.37. The Morgan fingerprint density at radius 3 is 2.50 bits per heavy atom. The zero-order valence-corrected chi connectivity index (χ0v) is 14.0. The van der Waals surface area contributed by atoms with Gasteiger partial charge in [0.25, 0.3) is 5.91 Å². The fourth-order valence-corrected chi connectivity index (χ4v) is 4.02. The van der Waals surface area contributed by atoms with Crippen LogP contribution in [0.4, 0.5) is 5.69 Å². The molecule has 3 rings (SSSR count). The smallest absolute Gasteiger partial charge is 0.269 e. The lowest BCUT2D eigenvalue weighted by molar-refractivity contribution is 0.0992. The zero-order valence-electron chi connectivity index (χ0n) is 12.5. The number of nitrogens with zero attached hydrogens (tertiary/aromatic N) is 1. The van der Waals surface area contributed by atoms with E-state index in [1.165, 1.54) is 11.3 Å². The maximum Gasteiger partial charge on any atom is 0.269 e. The second-order valence-corrected chi connectivity index (χ2v) is 6.51. The SMILES string of the molecule is CCN(C(=O)c1sc2ccccc2c1Cl)c1ccccc1C. The minimum Gasteiger partial charge on any atom is -0.308 e. The number of amides is 1. The lowest BCUT2D eigenvalue weighted by atomic mass is 10.1. The standard InChI is InChI=1S/C18H16ClNOS/c1-3-20(14-10-6-4-8-12(14)2)18(21)17-16(19)13-9-5-7-11-15(13)22-17/h4-11H,3H2,1-2H3. The van der Waals surface area contributed by atoms with Gasteiger partial charge < -0.3 is 4.90 Å². The highest BCUT2D eigenvalue weighted by atomic mass is 35.5. The maximum absolute atomic E-state index is 13.0. The highest BCUT2D eigenvalue weighted by molar-refractivity contribution is 7.21. The molecule has 0 N–H and O–H groups in total. The molecule has 0 spiro atoms. The van der Waals surface area contributed by atoms with Gasteiger partial charge in [-0.25, -0.2) is 0 Å². The molecule has 1 aromatic heterocycles. The maximum atomic E-state index is 13.0. The number of hydrogen-bond donors (Lipinski definition) is 0. The van der Waals surface area contributed by atoms with Crippen LogP contribution in [0.3, 0.4) is 0 Å². The number of rotatable bonds is 3. The van der Waals surface area contributed by atoms with Crippen molar-refractivity contribution in [2.75, 3.05) is 11.4 Å². The molecule has 112 valence electrons. The summed E-state index contributed by atoms with van der Waals surface area (Å²) < 4.78 is 1.04. The topological polar surface area (TPSA) is 20.3 Å². The summed E-state index contributed by atoms with van der Waals surface area (Å²) in [4.78, 5) is 15.4. The van der Waals surface area contributed by atoms with E-state index < -0.39 is 0 Å². The molecule has 0 unspecified atom stereocenters. The van der Waals surface area contributed by atoms with E-state index in [9.17, 15) is 4.79 Å². The summed E-state index contributed by atoms with van der Waals surface area (Å²) >= 11 is 7.90. The van der Waals surface area contributed by atoms with Crippen molar-refractivity contribution in [3.63, 3.8) is 0 Å². The summed E-state index contributed by atoms with van der Waals surface area (Å²) in [6.07, 6.45) is 0. The van der Waals surface area contributed by atoms with Crippen LogP contribution < -0.4 is 4.90 Å². The van der Waals surface area contributed by atoms with Crippen LogP contribution in [0.15, 0.2) is 48.5 Å². The van der Waals surface area contributed by atoms with Gasteiger partial charge in [0.2, 0.25) is 0 Å². The first-order valence-electron chi connectivity index (χ1n) is 7.18. The van der Waals surface area contributed by atoms with E-state index in [1.54, 1.807) is 4.90 Å². The molecule has 2 nitrogen and oxygen atoms in total. The van der Waals surface area contributed by atoms with Gasteiger partial charge in [0.05, 0.1) is 5.02 Å². The molecule has 22 heavy (non-hydrogen) atoms. The van der Waals surface area contributed by atoms with Gasteiger partial charge in [-0.2, -0.15) is 0 Å². The van der Waals surface area contributed by atoms with Gasteiger partial charge >= 0.3 is 0 Å². The van der Waals surface area contributed by atoms with E-state index in [0.29, 0.717) is 16.4 Å². The van der Waals surface area contributed by atoms with E-state index in [-0.39, 0.29) is 5.91 Å². The van der Waals surface area contributed by atoms with Crippen molar-refractivity contribution < 1.29 is 4.79 Å². The molecule has 0 aliphatic rings. The van der Waals surface area contributed by atoms with Crippen molar-refractivity contribution in [3.8, 4) is 0 Å². The number of fused-ring (bicyclic) bond motifs is 1. The molecular weight excluding hydrogens is 314 g/mol. The van der Waals surface area contributed by atoms with Crippen molar-refractivity contribution in [2.24, 2.45) is 0 Å². The molecule has 0 aliphatic carbocycles. The number of aryl methyl sites for hydroxylation is 1. The van der Waals surface area contributed by atoms with Gasteiger partial charge in [-0.1, -0.05) is 48.0 Å². The number of thiophene rings is 1. The van der Waals surface area contributed by atoms with Gasteiger partial charge in [-0.15, -0.1) is 11.3 Å². The Bertz CT molecular complexity index is 840. The number of para-hydroxylation sites is 1. The minimum absolute atomic E-state index is 0.0389. The molecule has 4 heteroatoms. The van der Waals surface area contributed by atoms with Crippen LogP contribution in [0.2, 0.25) is 5.02 Å². The molecule has 0 atom stereocenters. The largest absolute Gasteiger partial charge is 0.308 e. The number of carbonyl (C=O) groups excluding carboxylic acids is 1. The van der Waals surface area contributed by atoms with Gasteiger partial charge in [0.15, 0.2) is 0 Å². The van der Waals surface area contributed by atoms with Crippen LogP contribution in [-0.2, 0) is 0 Å². The summed E-state index contributed by atoms with van der Waals surface area (Å²) in [7, 11) is 0. The number of hydrogen-bond acceptors (Lipinski definition) is 2. The second-order valence-electron chi connectivity index (χ2n) is 5.08. The predicted molar refractivity (Wildman–Crippen MR) is 95.4 cm³/mol. The Morgan fingerprint density at radius 2 is 1.82 bits per heavy atom. The molecule has 1 heterocycles. The van der Waals surface area contributed by atoms with Crippen molar-refractivity contribution in [1.82, 2.24) is 0 Å². The Balaban J connectivity index is 2.07. The van der Waals surface area contributed by atoms with Crippen molar-refractivity contribution in [1.29, 1.82) is 0 Å². The molecule has 0 radical (unpaired) electrons. The molecule has 0 fully saturated rings. The predicted octanol–water partition coefficient (Wildman–Crippen LogP) is 5.53. The average Bonchev–Trinajstić information content (AvgIpc) is 2.87. The number of benzene rings is 2. The fourth-order valence-electron chi connectivity index (χ4n) is 2.56. The monoisotopic (exact) mass is 329 g/mol. The summed E-state index contributed by atoms with van der Waals surface area (Å²) in [6, 6.07) is 15.8. The molecule has 3 aromatic rings. The Kier molecular flexibility index (Phi) is 4.19. The van der Waals surface area contributed by atoms with Crippen molar-refractivity contribution in [3.05, 3.63) is 64.0 Å². The zero-order chi connectivity index (χ0) is 15.7. The number of carbonyl (C=O) groups is 1. The van der Waals surface area contributed by atoms with Crippen LogP contribution in [0.1, 0.15) is 22.2 Å². The third-order valence-electron chi connectivity index (χ3n) is 3.70. The summed E-state index contributed by atoms with van der Waals surface area (Å²) in [5.74, 6) is -0.0389. The van der Waals surface area contributed by atoms with Gasteiger partial charge in [0.1, 0.15) is 4.88 Å². The van der Waals surface area contributed by atoms with E-state index in [0.717, 1.165) is 21.3 Å². The Morgan fingerprint density at radius 1 is 1.14 bits per heavy atom. The highest BCUT2D eigenvalue weighted by Gasteiger charge is 2.23. The Labute approximate surface area is 138 Å². The molecule has 2 aromatic carbocycles. The summed E-state index contributed by atoms with van der Waals surface area (Å²) in [5.41, 5.74) is 2.01.